The third kappa shape index (κ3) is 3.37. The van der Waals surface area contributed by atoms with Gasteiger partial charge in [0.15, 0.2) is 5.01 Å². The van der Waals surface area contributed by atoms with Gasteiger partial charge in [0.25, 0.3) is 12.9 Å². The Bertz CT molecular complexity index is 1180. The average Bonchev–Trinajstić information content (AvgIpc) is 3.24. The highest BCUT2D eigenvalue weighted by molar-refractivity contribution is 7.89. The SMILES string of the molecule is O=S(=O)(NC1(C(F)F)COC1)c1cc(F)c2cnn(-c3nnc(C(F)F)s3)c2c1. The molecule has 4 rings (SSSR count). The van der Waals surface area contributed by atoms with Crippen LogP contribution in [0.15, 0.2) is 23.2 Å². The van der Waals surface area contributed by atoms with E-state index in [9.17, 15) is 30.4 Å². The van der Waals surface area contributed by atoms with Gasteiger partial charge in [-0.25, -0.2) is 35.1 Å². The molecule has 3 aromatic rings. The van der Waals surface area contributed by atoms with Crippen LogP contribution < -0.4 is 4.72 Å². The number of fused-ring (bicyclic) bond motifs is 1. The van der Waals surface area contributed by atoms with Crippen LogP contribution >= 0.6 is 11.3 Å². The zero-order valence-corrected chi connectivity index (χ0v) is 15.7. The molecular weight excluding hydrogens is 445 g/mol. The minimum absolute atomic E-state index is 0.113. The summed E-state index contributed by atoms with van der Waals surface area (Å²) >= 11 is 0.484. The number of sulfonamides is 1. The van der Waals surface area contributed by atoms with E-state index < -0.39 is 57.3 Å². The highest BCUT2D eigenvalue weighted by Crippen LogP contribution is 2.31. The van der Waals surface area contributed by atoms with Crippen LogP contribution in [0.1, 0.15) is 11.4 Å². The van der Waals surface area contributed by atoms with Crippen molar-refractivity contribution in [3.8, 4) is 5.13 Å². The molecule has 0 spiro atoms. The average molecular weight is 455 g/mol. The Hall–Kier alpha value is -2.23. The van der Waals surface area contributed by atoms with Gasteiger partial charge in [-0.05, 0) is 12.1 Å². The van der Waals surface area contributed by atoms with E-state index in [1.807, 2.05) is 4.72 Å². The fourth-order valence-electron chi connectivity index (χ4n) is 2.65. The van der Waals surface area contributed by atoms with Crippen LogP contribution in [0.3, 0.4) is 0 Å². The Morgan fingerprint density at radius 2 is 1.93 bits per heavy atom. The van der Waals surface area contributed by atoms with Crippen LogP contribution in [0.25, 0.3) is 16.0 Å². The summed E-state index contributed by atoms with van der Waals surface area (Å²) in [6.45, 7) is -1.07. The van der Waals surface area contributed by atoms with Crippen molar-refractivity contribution in [3.63, 3.8) is 0 Å². The van der Waals surface area contributed by atoms with Gasteiger partial charge in [0.2, 0.25) is 15.2 Å². The van der Waals surface area contributed by atoms with E-state index in [2.05, 4.69) is 15.3 Å². The van der Waals surface area contributed by atoms with Gasteiger partial charge in [-0.2, -0.15) is 9.82 Å². The highest BCUT2D eigenvalue weighted by atomic mass is 32.2. The molecule has 1 saturated heterocycles. The summed E-state index contributed by atoms with van der Waals surface area (Å²) in [5.41, 5.74) is -2.21. The molecule has 15 heteroatoms. The van der Waals surface area contributed by atoms with Crippen molar-refractivity contribution < 1.29 is 35.1 Å². The van der Waals surface area contributed by atoms with Crippen molar-refractivity contribution in [3.05, 3.63) is 29.2 Å². The van der Waals surface area contributed by atoms with Crippen LogP contribution in [-0.4, -0.2) is 53.6 Å². The normalized spacial score (nSPS) is 16.7. The quantitative estimate of drug-likeness (QED) is 0.573. The molecule has 0 amide bonds. The lowest BCUT2D eigenvalue weighted by molar-refractivity contribution is -0.134. The van der Waals surface area contributed by atoms with E-state index in [0.717, 1.165) is 16.9 Å². The Balaban J connectivity index is 1.78. The summed E-state index contributed by atoms with van der Waals surface area (Å²) in [5, 5.41) is 9.81. The van der Waals surface area contributed by atoms with Gasteiger partial charge >= 0.3 is 0 Å². The minimum atomic E-state index is -4.57. The van der Waals surface area contributed by atoms with Crippen molar-refractivity contribution in [1.82, 2.24) is 24.7 Å². The maximum atomic E-state index is 14.5. The molecule has 1 fully saturated rings. The molecular formula is C14H10F5N5O3S2. The second-order valence-corrected chi connectivity index (χ2v) is 8.84. The highest BCUT2D eigenvalue weighted by Gasteiger charge is 2.50. The third-order valence-corrected chi connectivity index (χ3v) is 6.63. The molecule has 8 nitrogen and oxygen atoms in total. The number of alkyl halides is 4. The van der Waals surface area contributed by atoms with Gasteiger partial charge < -0.3 is 4.74 Å². The van der Waals surface area contributed by atoms with Crippen LogP contribution in [0, 0.1) is 5.82 Å². The Morgan fingerprint density at radius 1 is 1.21 bits per heavy atom. The van der Waals surface area contributed by atoms with Crippen molar-refractivity contribution in [1.29, 1.82) is 0 Å². The number of halogens is 5. The van der Waals surface area contributed by atoms with Gasteiger partial charge in [-0.1, -0.05) is 11.3 Å². The van der Waals surface area contributed by atoms with Crippen molar-refractivity contribution in [2.75, 3.05) is 13.2 Å². The van der Waals surface area contributed by atoms with Crippen molar-refractivity contribution in [2.24, 2.45) is 0 Å². The number of benzene rings is 1. The summed E-state index contributed by atoms with van der Waals surface area (Å²) in [6, 6.07) is 1.63. The van der Waals surface area contributed by atoms with Gasteiger partial charge in [0.1, 0.15) is 11.4 Å². The minimum Gasteiger partial charge on any atom is -0.377 e. The predicted molar refractivity (Wildman–Crippen MR) is 89.3 cm³/mol. The first-order chi connectivity index (χ1) is 13.6. The fraction of sp³-hybridized carbons (Fsp3) is 0.357. The molecule has 0 unspecified atom stereocenters. The molecule has 1 aromatic carbocycles. The number of rotatable bonds is 6. The molecule has 0 atom stereocenters. The predicted octanol–water partition coefficient (Wildman–Crippen LogP) is 2.27. The number of ether oxygens (including phenoxy) is 1. The monoisotopic (exact) mass is 455 g/mol. The lowest BCUT2D eigenvalue weighted by Crippen LogP contribution is -2.66. The van der Waals surface area contributed by atoms with E-state index in [0.29, 0.717) is 17.4 Å². The molecule has 1 N–H and O–H groups in total. The summed E-state index contributed by atoms with van der Waals surface area (Å²) < 4.78 is 99.1. The van der Waals surface area contributed by atoms with Crippen molar-refractivity contribution in [2.45, 2.75) is 23.3 Å². The Morgan fingerprint density at radius 3 is 2.48 bits per heavy atom. The van der Waals surface area contributed by atoms with Crippen LogP contribution in [0.2, 0.25) is 0 Å². The number of hydrogen-bond acceptors (Lipinski definition) is 7. The number of hydrogen-bond donors (Lipinski definition) is 1. The van der Waals surface area contributed by atoms with Gasteiger partial charge in [-0.15, -0.1) is 10.2 Å². The Labute approximate surface area is 163 Å². The molecule has 0 saturated carbocycles. The fourth-order valence-corrected chi connectivity index (χ4v) is 4.70. The van der Waals surface area contributed by atoms with Gasteiger partial charge in [0, 0.05) is 0 Å². The molecule has 3 heterocycles. The number of nitrogens with zero attached hydrogens (tertiary/aromatic N) is 4. The first-order valence-electron chi connectivity index (χ1n) is 7.82. The first kappa shape index (κ1) is 20.1. The number of aromatic nitrogens is 4. The standard InChI is InChI=1S/C14H10F5N5O3S2/c15-8-1-6(29(25,26)23-14(12(18)19)4-27-5-14)2-9-7(8)3-20-24(9)13-22-21-11(28-13)10(16)17/h1-3,10,12,23H,4-5H2. The zero-order valence-electron chi connectivity index (χ0n) is 14.0. The topological polar surface area (TPSA) is 99.0 Å². The van der Waals surface area contributed by atoms with E-state index in [1.165, 1.54) is 0 Å². The molecule has 0 aliphatic carbocycles. The summed E-state index contributed by atoms with van der Waals surface area (Å²) in [6.07, 6.45) is -4.87. The van der Waals surface area contributed by atoms with Crippen LogP contribution in [0.5, 0.6) is 0 Å². The van der Waals surface area contributed by atoms with Gasteiger partial charge in [-0.3, -0.25) is 0 Å². The van der Waals surface area contributed by atoms with Gasteiger partial charge in [0.05, 0.1) is 35.2 Å². The molecule has 29 heavy (non-hydrogen) atoms. The largest absolute Gasteiger partial charge is 0.377 e. The number of nitrogens with one attached hydrogen (secondary N) is 1. The molecule has 2 aromatic heterocycles. The molecule has 1 aliphatic rings. The molecule has 0 radical (unpaired) electrons. The zero-order chi connectivity index (χ0) is 21.0. The van der Waals surface area contributed by atoms with E-state index in [4.69, 9.17) is 4.74 Å². The van der Waals surface area contributed by atoms with Crippen LogP contribution in [0.4, 0.5) is 22.0 Å². The van der Waals surface area contributed by atoms with E-state index in [-0.39, 0.29) is 16.0 Å². The second kappa shape index (κ2) is 6.93. The third-order valence-electron chi connectivity index (χ3n) is 4.19. The van der Waals surface area contributed by atoms with Crippen LogP contribution in [-0.2, 0) is 14.8 Å². The smallest absolute Gasteiger partial charge is 0.291 e. The maximum Gasteiger partial charge on any atom is 0.291 e. The first-order valence-corrected chi connectivity index (χ1v) is 10.1. The molecule has 156 valence electrons. The Kier molecular flexibility index (Phi) is 4.79. The summed E-state index contributed by atoms with van der Waals surface area (Å²) in [5.74, 6) is -0.997. The second-order valence-electron chi connectivity index (χ2n) is 6.17. The summed E-state index contributed by atoms with van der Waals surface area (Å²) in [7, 11) is -4.57. The molecule has 1 aliphatic heterocycles. The van der Waals surface area contributed by atoms with E-state index in [1.54, 1.807) is 0 Å². The van der Waals surface area contributed by atoms with Crippen molar-refractivity contribution >= 4 is 32.3 Å². The molecule has 0 bridgehead atoms. The summed E-state index contributed by atoms with van der Waals surface area (Å²) in [4.78, 5) is -0.644. The lowest BCUT2D eigenvalue weighted by Gasteiger charge is -2.40. The maximum absolute atomic E-state index is 14.5. The lowest BCUT2D eigenvalue weighted by atomic mass is 10.0. The van der Waals surface area contributed by atoms with E-state index >= 15 is 0 Å².